The predicted molar refractivity (Wildman–Crippen MR) is 92.8 cm³/mol. The van der Waals surface area contributed by atoms with Crippen LogP contribution in [0.5, 0.6) is 0 Å². The summed E-state index contributed by atoms with van der Waals surface area (Å²) in [6.07, 6.45) is -2.01. The largest absolute Gasteiger partial charge is 0.394 e. The van der Waals surface area contributed by atoms with E-state index >= 15 is 0 Å². The minimum atomic E-state index is -1.36. The van der Waals surface area contributed by atoms with Gasteiger partial charge in [0.05, 0.1) is 12.9 Å². The fourth-order valence-electron chi connectivity index (χ4n) is 3.27. The summed E-state index contributed by atoms with van der Waals surface area (Å²) < 4.78 is 7.24. The highest BCUT2D eigenvalue weighted by Crippen LogP contribution is 2.37. The minimum absolute atomic E-state index is 0.197. The second-order valence-corrected chi connectivity index (χ2v) is 6.41. The van der Waals surface area contributed by atoms with Crippen LogP contribution in [0.2, 0.25) is 0 Å². The summed E-state index contributed by atoms with van der Waals surface area (Å²) >= 11 is 0. The first-order valence-corrected chi connectivity index (χ1v) is 8.17. The number of ether oxygens (including phenoxy) is 1. The Morgan fingerprint density at radius 3 is 2.62 bits per heavy atom. The molecule has 1 fully saturated rings. The number of rotatable bonds is 3. The maximum Gasteiger partial charge on any atom is 0.173 e. The number of hydrogen-bond acceptors (Lipinski definition) is 8. The Hall–Kier alpha value is -2.59. The molecule has 1 aromatic carbocycles. The molecule has 1 aliphatic rings. The number of imidazole rings is 1. The maximum absolute atomic E-state index is 10.5. The van der Waals surface area contributed by atoms with Crippen LogP contribution in [0.3, 0.4) is 0 Å². The van der Waals surface area contributed by atoms with Crippen LogP contribution < -0.4 is 5.73 Å². The van der Waals surface area contributed by atoms with E-state index in [9.17, 15) is 15.3 Å². The van der Waals surface area contributed by atoms with Gasteiger partial charge in [0, 0.05) is 5.56 Å². The maximum atomic E-state index is 10.5. The Morgan fingerprint density at radius 2 is 1.96 bits per heavy atom. The van der Waals surface area contributed by atoms with E-state index in [1.54, 1.807) is 6.92 Å². The summed E-state index contributed by atoms with van der Waals surface area (Å²) in [6.45, 7) is 1.17. The molecule has 2 aromatic heterocycles. The van der Waals surface area contributed by atoms with Gasteiger partial charge in [0.1, 0.15) is 23.8 Å². The lowest BCUT2D eigenvalue weighted by Gasteiger charge is -2.29. The zero-order chi connectivity index (χ0) is 18.5. The van der Waals surface area contributed by atoms with Gasteiger partial charge in [-0.25, -0.2) is 15.0 Å². The highest BCUT2D eigenvalue weighted by Gasteiger charge is 2.53. The molecule has 136 valence electrons. The lowest BCUT2D eigenvalue weighted by atomic mass is 10.0. The van der Waals surface area contributed by atoms with Crippen molar-refractivity contribution >= 4 is 17.0 Å². The van der Waals surface area contributed by atoms with E-state index in [0.29, 0.717) is 17.0 Å². The van der Waals surface area contributed by atoms with Crippen LogP contribution in [-0.2, 0) is 10.5 Å². The average Bonchev–Trinajstić information content (AvgIpc) is 3.19. The third kappa shape index (κ3) is 2.36. The molecular weight excluding hydrogens is 338 g/mol. The summed E-state index contributed by atoms with van der Waals surface area (Å²) in [4.78, 5) is 13.1. The molecular formula is C17H19N5O4. The molecule has 0 amide bonds. The summed E-state index contributed by atoms with van der Waals surface area (Å²) in [5, 5.41) is 30.0. The summed E-state index contributed by atoms with van der Waals surface area (Å²) in [5.74, 6) is 0.607. The number of benzene rings is 1. The number of aromatic nitrogens is 4. The van der Waals surface area contributed by atoms with E-state index in [-0.39, 0.29) is 5.82 Å². The standard InChI is InChI=1S/C17H19N5O4/c1-17(13(25)12(24)10(7-23)26-17)22-8-19-11-14(18)20-15(21-16(11)22)9-5-3-2-4-6-9/h2-6,8,10,12-13,23-25H,7H2,1H3,(H2,18,20,21)/t10-,12-,13-,17-/m1/s1. The van der Waals surface area contributed by atoms with Crippen molar-refractivity contribution in [3.05, 3.63) is 36.7 Å². The fraction of sp³-hybridized carbons (Fsp3) is 0.353. The molecule has 4 atom stereocenters. The Balaban J connectivity index is 1.88. The summed E-state index contributed by atoms with van der Waals surface area (Å²) in [6, 6.07) is 9.33. The lowest BCUT2D eigenvalue weighted by molar-refractivity contribution is -0.132. The van der Waals surface area contributed by atoms with Gasteiger partial charge in [-0.15, -0.1) is 0 Å². The van der Waals surface area contributed by atoms with Gasteiger partial charge in [0.15, 0.2) is 23.0 Å². The first-order valence-electron chi connectivity index (χ1n) is 8.17. The minimum Gasteiger partial charge on any atom is -0.394 e. The first kappa shape index (κ1) is 16.9. The summed E-state index contributed by atoms with van der Waals surface area (Å²) in [7, 11) is 0. The van der Waals surface area contributed by atoms with Crippen LogP contribution in [0.25, 0.3) is 22.6 Å². The van der Waals surface area contributed by atoms with Gasteiger partial charge in [-0.3, -0.25) is 4.57 Å². The van der Waals surface area contributed by atoms with E-state index in [1.807, 2.05) is 30.3 Å². The molecule has 9 nitrogen and oxygen atoms in total. The van der Waals surface area contributed by atoms with Crippen LogP contribution in [0, 0.1) is 0 Å². The van der Waals surface area contributed by atoms with Gasteiger partial charge in [0.25, 0.3) is 0 Å². The van der Waals surface area contributed by atoms with Crippen LogP contribution in [0.1, 0.15) is 6.92 Å². The molecule has 1 aliphatic heterocycles. The van der Waals surface area contributed by atoms with Gasteiger partial charge < -0.3 is 25.8 Å². The molecule has 26 heavy (non-hydrogen) atoms. The van der Waals surface area contributed by atoms with Crippen LogP contribution in [0.4, 0.5) is 5.82 Å². The van der Waals surface area contributed by atoms with Gasteiger partial charge in [-0.1, -0.05) is 30.3 Å². The van der Waals surface area contributed by atoms with E-state index in [1.165, 1.54) is 10.9 Å². The van der Waals surface area contributed by atoms with Crippen molar-refractivity contribution in [2.75, 3.05) is 12.3 Å². The highest BCUT2D eigenvalue weighted by atomic mass is 16.6. The Morgan fingerprint density at radius 1 is 1.23 bits per heavy atom. The van der Waals surface area contributed by atoms with Crippen molar-refractivity contribution in [2.45, 2.75) is 31.0 Å². The van der Waals surface area contributed by atoms with E-state index < -0.39 is 30.6 Å². The molecule has 0 bridgehead atoms. The third-order valence-corrected chi connectivity index (χ3v) is 4.76. The van der Waals surface area contributed by atoms with Gasteiger partial charge in [-0.2, -0.15) is 0 Å². The number of nitrogen functional groups attached to an aromatic ring is 1. The zero-order valence-corrected chi connectivity index (χ0v) is 14.0. The number of aliphatic hydroxyl groups is 3. The molecule has 0 aliphatic carbocycles. The quantitative estimate of drug-likeness (QED) is 0.508. The molecule has 3 heterocycles. The Bertz CT molecular complexity index is 947. The molecule has 0 unspecified atom stereocenters. The van der Waals surface area contributed by atoms with Gasteiger partial charge in [0.2, 0.25) is 0 Å². The third-order valence-electron chi connectivity index (χ3n) is 4.76. The molecule has 0 saturated carbocycles. The number of nitrogens with two attached hydrogens (primary N) is 1. The SMILES string of the molecule is C[C@@]1(n2cnc3c(N)nc(-c4ccccc4)nc32)O[C@H](CO)[C@@H](O)[C@H]1O. The molecule has 9 heteroatoms. The number of aliphatic hydroxyl groups excluding tert-OH is 3. The zero-order valence-electron chi connectivity index (χ0n) is 14.0. The Labute approximate surface area is 148 Å². The fourth-order valence-corrected chi connectivity index (χ4v) is 3.27. The smallest absolute Gasteiger partial charge is 0.173 e. The van der Waals surface area contributed by atoms with Crippen molar-refractivity contribution in [1.29, 1.82) is 0 Å². The topological polar surface area (TPSA) is 140 Å². The molecule has 5 N–H and O–H groups in total. The van der Waals surface area contributed by atoms with Crippen molar-refractivity contribution in [2.24, 2.45) is 0 Å². The average molecular weight is 357 g/mol. The van der Waals surface area contributed by atoms with Crippen LogP contribution in [0.15, 0.2) is 36.7 Å². The Kier molecular flexibility index (Phi) is 3.88. The molecule has 3 aromatic rings. The second kappa shape index (κ2) is 5.99. The highest BCUT2D eigenvalue weighted by molar-refractivity contribution is 5.84. The molecule has 0 radical (unpaired) electrons. The first-order chi connectivity index (χ1) is 12.5. The van der Waals surface area contributed by atoms with E-state index in [2.05, 4.69) is 15.0 Å². The number of anilines is 1. The number of hydrogen-bond donors (Lipinski definition) is 4. The number of nitrogens with zero attached hydrogens (tertiary/aromatic N) is 4. The van der Waals surface area contributed by atoms with Crippen molar-refractivity contribution < 1.29 is 20.1 Å². The molecule has 0 spiro atoms. The van der Waals surface area contributed by atoms with Crippen LogP contribution in [-0.4, -0.2) is 59.8 Å². The molecule has 1 saturated heterocycles. The predicted octanol–water partition coefficient (Wildman–Crippen LogP) is -0.139. The van der Waals surface area contributed by atoms with Gasteiger partial charge in [-0.05, 0) is 6.92 Å². The van der Waals surface area contributed by atoms with Gasteiger partial charge >= 0.3 is 0 Å². The lowest BCUT2D eigenvalue weighted by Crippen LogP contribution is -2.43. The second-order valence-electron chi connectivity index (χ2n) is 6.41. The van der Waals surface area contributed by atoms with Crippen molar-refractivity contribution in [3.8, 4) is 11.4 Å². The van der Waals surface area contributed by atoms with E-state index in [4.69, 9.17) is 10.5 Å². The number of fused-ring (bicyclic) bond motifs is 1. The van der Waals surface area contributed by atoms with Crippen LogP contribution >= 0.6 is 0 Å². The van der Waals surface area contributed by atoms with Crippen molar-refractivity contribution in [1.82, 2.24) is 19.5 Å². The summed E-state index contributed by atoms with van der Waals surface area (Å²) in [5.41, 5.74) is 6.19. The molecule has 4 rings (SSSR count). The van der Waals surface area contributed by atoms with E-state index in [0.717, 1.165) is 5.56 Å². The monoisotopic (exact) mass is 357 g/mol. The normalized spacial score (nSPS) is 28.7. The van der Waals surface area contributed by atoms with Crippen molar-refractivity contribution in [3.63, 3.8) is 0 Å².